The van der Waals surface area contributed by atoms with Crippen LogP contribution in [0.5, 0.6) is 0 Å². The number of fused-ring (bicyclic) bond motifs is 1. The summed E-state index contributed by atoms with van der Waals surface area (Å²) in [5.74, 6) is 0.639. The summed E-state index contributed by atoms with van der Waals surface area (Å²) < 4.78 is 0. The van der Waals surface area contributed by atoms with E-state index in [1.807, 2.05) is 24.4 Å². The Morgan fingerprint density at radius 3 is 3.00 bits per heavy atom. The Morgan fingerprint density at radius 2 is 2.17 bits per heavy atom. The summed E-state index contributed by atoms with van der Waals surface area (Å²) in [6.07, 6.45) is 5.25. The lowest BCUT2D eigenvalue weighted by molar-refractivity contribution is 0.0950. The maximum atomic E-state index is 11.9. The number of benzene rings is 1. The number of imidazole rings is 1. The monoisotopic (exact) mass is 240 g/mol. The number of nitrogens with zero attached hydrogens (tertiary/aromatic N) is 1. The molecule has 0 fully saturated rings. The topological polar surface area (TPSA) is 73.6 Å². The van der Waals surface area contributed by atoms with Crippen LogP contribution in [0, 0.1) is 0 Å². The zero-order valence-corrected chi connectivity index (χ0v) is 9.60. The van der Waals surface area contributed by atoms with E-state index in [9.17, 15) is 4.79 Å². The molecule has 0 aliphatic heterocycles. The Labute approximate surface area is 103 Å². The van der Waals surface area contributed by atoms with Gasteiger partial charge >= 0.3 is 0 Å². The summed E-state index contributed by atoms with van der Waals surface area (Å²) in [5, 5.41) is 3.84. The van der Waals surface area contributed by atoms with Gasteiger partial charge in [-0.2, -0.15) is 0 Å². The fourth-order valence-electron chi connectivity index (χ4n) is 1.86. The van der Waals surface area contributed by atoms with Crippen LogP contribution >= 0.6 is 0 Å². The van der Waals surface area contributed by atoms with Crippen LogP contribution < -0.4 is 5.32 Å². The van der Waals surface area contributed by atoms with Gasteiger partial charge in [0.2, 0.25) is 0 Å². The number of aromatic nitrogens is 3. The van der Waals surface area contributed by atoms with Gasteiger partial charge in [0.25, 0.3) is 5.91 Å². The number of amides is 1. The third kappa shape index (κ3) is 1.98. The van der Waals surface area contributed by atoms with Crippen LogP contribution in [-0.2, 0) is 6.54 Å². The Hall–Kier alpha value is -2.56. The third-order valence-electron chi connectivity index (χ3n) is 2.79. The molecule has 1 amide bonds. The minimum absolute atomic E-state index is 0.102. The molecule has 0 atom stereocenters. The lowest BCUT2D eigenvalue weighted by atomic mass is 10.1. The summed E-state index contributed by atoms with van der Waals surface area (Å²) in [6, 6.07) is 7.51. The second-order valence-electron chi connectivity index (χ2n) is 4.00. The highest BCUT2D eigenvalue weighted by atomic mass is 16.1. The van der Waals surface area contributed by atoms with Crippen molar-refractivity contribution in [1.29, 1.82) is 0 Å². The predicted molar refractivity (Wildman–Crippen MR) is 68.1 cm³/mol. The Bertz CT molecular complexity index is 669. The van der Waals surface area contributed by atoms with E-state index >= 15 is 0 Å². The molecule has 3 rings (SSSR count). The summed E-state index contributed by atoms with van der Waals surface area (Å²) in [6.45, 7) is 0.400. The van der Waals surface area contributed by atoms with E-state index < -0.39 is 0 Å². The van der Waals surface area contributed by atoms with Gasteiger partial charge in [-0.15, -0.1) is 0 Å². The van der Waals surface area contributed by atoms with Gasteiger partial charge in [-0.3, -0.25) is 4.79 Å². The van der Waals surface area contributed by atoms with Gasteiger partial charge in [0, 0.05) is 35.1 Å². The number of H-pyrrole nitrogens is 2. The first-order chi connectivity index (χ1) is 8.83. The second kappa shape index (κ2) is 4.37. The maximum absolute atomic E-state index is 11.9. The molecule has 0 unspecified atom stereocenters. The molecule has 0 spiro atoms. The van der Waals surface area contributed by atoms with Gasteiger partial charge in [0.15, 0.2) is 0 Å². The highest BCUT2D eigenvalue weighted by Gasteiger charge is 2.06. The third-order valence-corrected chi connectivity index (χ3v) is 2.79. The quantitative estimate of drug-likeness (QED) is 0.653. The van der Waals surface area contributed by atoms with E-state index in [4.69, 9.17) is 0 Å². The van der Waals surface area contributed by atoms with Crippen molar-refractivity contribution in [3.05, 3.63) is 54.2 Å². The van der Waals surface area contributed by atoms with Gasteiger partial charge in [-0.05, 0) is 24.3 Å². The molecule has 1 aromatic carbocycles. The first kappa shape index (κ1) is 10.6. The number of carbonyl (C=O) groups excluding carboxylic acids is 1. The normalized spacial score (nSPS) is 10.7. The summed E-state index contributed by atoms with van der Waals surface area (Å²) in [7, 11) is 0. The van der Waals surface area contributed by atoms with Crippen molar-refractivity contribution in [1.82, 2.24) is 20.3 Å². The summed E-state index contributed by atoms with van der Waals surface area (Å²) >= 11 is 0. The van der Waals surface area contributed by atoms with Crippen LogP contribution in [-0.4, -0.2) is 20.9 Å². The number of carbonyl (C=O) groups is 1. The molecular formula is C13H12N4O. The molecule has 3 aromatic rings. The van der Waals surface area contributed by atoms with Crippen LogP contribution in [0.1, 0.15) is 16.2 Å². The van der Waals surface area contributed by atoms with Gasteiger partial charge in [0.05, 0.1) is 6.54 Å². The van der Waals surface area contributed by atoms with Crippen molar-refractivity contribution in [2.75, 3.05) is 0 Å². The zero-order valence-electron chi connectivity index (χ0n) is 9.60. The van der Waals surface area contributed by atoms with E-state index in [1.54, 1.807) is 18.5 Å². The largest absolute Gasteiger partial charge is 0.361 e. The molecule has 5 heteroatoms. The minimum Gasteiger partial charge on any atom is -0.361 e. The van der Waals surface area contributed by atoms with Crippen molar-refractivity contribution in [3.8, 4) is 0 Å². The summed E-state index contributed by atoms with van der Waals surface area (Å²) in [4.78, 5) is 22.0. The van der Waals surface area contributed by atoms with Gasteiger partial charge < -0.3 is 15.3 Å². The van der Waals surface area contributed by atoms with Crippen molar-refractivity contribution in [3.63, 3.8) is 0 Å². The number of hydrogen-bond donors (Lipinski definition) is 3. The van der Waals surface area contributed by atoms with Crippen LogP contribution in [0.2, 0.25) is 0 Å². The Kier molecular flexibility index (Phi) is 2.57. The first-order valence-electron chi connectivity index (χ1n) is 5.66. The van der Waals surface area contributed by atoms with Gasteiger partial charge in [0.1, 0.15) is 5.82 Å². The van der Waals surface area contributed by atoms with Crippen molar-refractivity contribution < 1.29 is 4.79 Å². The molecule has 2 aromatic heterocycles. The first-order valence-corrected chi connectivity index (χ1v) is 5.66. The number of rotatable bonds is 3. The van der Waals surface area contributed by atoms with Crippen LogP contribution in [0.15, 0.2) is 42.9 Å². The molecule has 0 aliphatic rings. The van der Waals surface area contributed by atoms with E-state index in [-0.39, 0.29) is 5.91 Å². The van der Waals surface area contributed by atoms with E-state index in [0.717, 1.165) is 16.7 Å². The van der Waals surface area contributed by atoms with Crippen LogP contribution in [0.3, 0.4) is 0 Å². The highest BCUT2D eigenvalue weighted by molar-refractivity contribution is 5.97. The molecule has 0 aliphatic carbocycles. The zero-order chi connectivity index (χ0) is 12.4. The lowest BCUT2D eigenvalue weighted by Crippen LogP contribution is -2.23. The molecule has 3 N–H and O–H groups in total. The average Bonchev–Trinajstić information content (AvgIpc) is 3.05. The fraction of sp³-hybridized carbons (Fsp3) is 0.0769. The number of hydrogen-bond acceptors (Lipinski definition) is 2. The SMILES string of the molecule is O=C(NCc1ncc[nH]1)c1ccc2[nH]ccc2c1. The van der Waals surface area contributed by atoms with E-state index in [1.165, 1.54) is 0 Å². The molecule has 2 heterocycles. The van der Waals surface area contributed by atoms with Crippen molar-refractivity contribution in [2.24, 2.45) is 0 Å². The molecule has 0 radical (unpaired) electrons. The Morgan fingerprint density at radius 1 is 1.22 bits per heavy atom. The van der Waals surface area contributed by atoms with Crippen LogP contribution in [0.4, 0.5) is 0 Å². The average molecular weight is 240 g/mol. The molecule has 0 bridgehead atoms. The molecular weight excluding hydrogens is 228 g/mol. The molecule has 18 heavy (non-hydrogen) atoms. The standard InChI is InChI=1S/C13H12N4O/c18-13(17-8-12-15-5-6-16-12)10-1-2-11-9(7-10)3-4-14-11/h1-7,14H,8H2,(H,15,16)(H,17,18). The maximum Gasteiger partial charge on any atom is 0.251 e. The minimum atomic E-state index is -0.102. The van der Waals surface area contributed by atoms with E-state index in [0.29, 0.717) is 12.1 Å². The Balaban J connectivity index is 1.75. The fourth-order valence-corrected chi connectivity index (χ4v) is 1.86. The molecule has 5 nitrogen and oxygen atoms in total. The van der Waals surface area contributed by atoms with Crippen molar-refractivity contribution in [2.45, 2.75) is 6.54 Å². The predicted octanol–water partition coefficient (Wildman–Crippen LogP) is 1.82. The molecule has 0 saturated heterocycles. The molecule has 0 saturated carbocycles. The van der Waals surface area contributed by atoms with Gasteiger partial charge in [-0.1, -0.05) is 0 Å². The lowest BCUT2D eigenvalue weighted by Gasteiger charge is -2.03. The van der Waals surface area contributed by atoms with Crippen molar-refractivity contribution >= 4 is 16.8 Å². The number of aromatic amines is 2. The smallest absolute Gasteiger partial charge is 0.251 e. The van der Waals surface area contributed by atoms with Crippen LogP contribution in [0.25, 0.3) is 10.9 Å². The molecule has 90 valence electrons. The summed E-state index contributed by atoms with van der Waals surface area (Å²) in [5.41, 5.74) is 1.67. The number of nitrogens with one attached hydrogen (secondary N) is 3. The van der Waals surface area contributed by atoms with E-state index in [2.05, 4.69) is 20.3 Å². The highest BCUT2D eigenvalue weighted by Crippen LogP contribution is 2.14. The van der Waals surface area contributed by atoms with Gasteiger partial charge in [-0.25, -0.2) is 4.98 Å². The second-order valence-corrected chi connectivity index (χ2v) is 4.00.